The largest absolute Gasteiger partial charge is 0.374 e. The Kier molecular flexibility index (Phi) is 13.3. The molecule has 2 aliphatic rings. The third kappa shape index (κ3) is 9.95. The van der Waals surface area contributed by atoms with Crippen molar-refractivity contribution in [1.29, 1.82) is 0 Å². The monoisotopic (exact) mass is 707 g/mol. The molecule has 2 heterocycles. The molecular formula is C44H53NO7. The Bertz CT molecular complexity index is 1630. The summed E-state index contributed by atoms with van der Waals surface area (Å²) >= 11 is 0. The van der Waals surface area contributed by atoms with E-state index in [9.17, 15) is 4.79 Å². The second-order valence-electron chi connectivity index (χ2n) is 14.3. The van der Waals surface area contributed by atoms with Crippen LogP contribution in [0.5, 0.6) is 0 Å². The van der Waals surface area contributed by atoms with E-state index < -0.39 is 35.8 Å². The first-order valence-electron chi connectivity index (χ1n) is 18.6. The van der Waals surface area contributed by atoms with Gasteiger partial charge in [-0.2, -0.15) is 0 Å². The molecular weight excluding hydrogens is 654 g/mol. The fourth-order valence-electron chi connectivity index (χ4n) is 7.25. The summed E-state index contributed by atoms with van der Waals surface area (Å²) in [6, 6.07) is 40.0. The van der Waals surface area contributed by atoms with Crippen molar-refractivity contribution in [2.45, 2.75) is 102 Å². The molecule has 5 atom stereocenters. The van der Waals surface area contributed by atoms with Crippen molar-refractivity contribution in [2.24, 2.45) is 0 Å². The van der Waals surface area contributed by atoms with E-state index in [1.54, 1.807) is 0 Å². The molecule has 0 spiro atoms. The van der Waals surface area contributed by atoms with Gasteiger partial charge in [-0.1, -0.05) is 121 Å². The van der Waals surface area contributed by atoms with Gasteiger partial charge in [-0.05, 0) is 62.3 Å². The van der Waals surface area contributed by atoms with Gasteiger partial charge in [0, 0.05) is 13.1 Å². The minimum absolute atomic E-state index is 0.117. The molecule has 2 aliphatic heterocycles. The van der Waals surface area contributed by atoms with Crippen molar-refractivity contribution < 1.29 is 33.2 Å². The summed E-state index contributed by atoms with van der Waals surface area (Å²) in [4.78, 5) is 16.8. The van der Waals surface area contributed by atoms with Crippen molar-refractivity contribution in [3.05, 3.63) is 144 Å². The number of likely N-dealkylation sites (tertiary alicyclic amines) is 1. The number of ether oxygens (including phenoxy) is 6. The van der Waals surface area contributed by atoms with E-state index in [0.717, 1.165) is 41.5 Å². The van der Waals surface area contributed by atoms with Gasteiger partial charge in [0.2, 0.25) is 0 Å². The Morgan fingerprint density at radius 3 is 1.62 bits per heavy atom. The van der Waals surface area contributed by atoms with Crippen LogP contribution in [-0.2, 0) is 59.6 Å². The number of hydrogen-bond donors (Lipinski definition) is 0. The Morgan fingerprint density at radius 2 is 1.13 bits per heavy atom. The van der Waals surface area contributed by atoms with Crippen LogP contribution >= 0.6 is 0 Å². The third-order valence-electron chi connectivity index (χ3n) is 9.84. The molecule has 8 heteroatoms. The van der Waals surface area contributed by atoms with Crippen LogP contribution in [0.4, 0.5) is 0 Å². The van der Waals surface area contributed by atoms with Crippen molar-refractivity contribution in [3.8, 4) is 0 Å². The Hall–Kier alpha value is -3.89. The van der Waals surface area contributed by atoms with Gasteiger partial charge in [-0.3, -0.25) is 4.79 Å². The summed E-state index contributed by atoms with van der Waals surface area (Å²) in [6.07, 6.45) is -0.314. The molecule has 0 saturated carbocycles. The fraction of sp³-hybridized carbons (Fsp3) is 0.432. The number of hydrogen-bond acceptors (Lipinski definition) is 7. The average Bonchev–Trinajstić information content (AvgIpc) is 3.42. The van der Waals surface area contributed by atoms with E-state index in [4.69, 9.17) is 28.4 Å². The minimum Gasteiger partial charge on any atom is -0.374 e. The fourth-order valence-corrected chi connectivity index (χ4v) is 7.25. The molecule has 0 unspecified atom stereocenters. The standard InChI is InChI=1S/C44H53NO7/c1-34-44(52-43(2,3)51-34,33-47-29-35-19-9-4-10-20-35)41(50-32-38-25-15-7-16-26-38)39(48-30-36-21-11-5-12-22-36)40(42(46)45-27-17-8-18-28-45)49-31-37-23-13-6-14-24-37/h4-7,9-16,19-26,34,39-41H,8,17-18,27-33H2,1-3H3/t34-,39-,40-,41+,44-/m1/s1. The van der Waals surface area contributed by atoms with Gasteiger partial charge in [0.05, 0.1) is 39.1 Å². The van der Waals surface area contributed by atoms with E-state index in [1.807, 2.05) is 147 Å². The third-order valence-corrected chi connectivity index (χ3v) is 9.84. The maximum atomic E-state index is 14.8. The van der Waals surface area contributed by atoms with Gasteiger partial charge in [0.1, 0.15) is 17.8 Å². The van der Waals surface area contributed by atoms with E-state index in [0.29, 0.717) is 19.7 Å². The molecule has 52 heavy (non-hydrogen) atoms. The maximum Gasteiger partial charge on any atom is 0.254 e. The van der Waals surface area contributed by atoms with Crippen LogP contribution in [-0.4, -0.2) is 66.3 Å². The van der Waals surface area contributed by atoms with Gasteiger partial charge in [-0.15, -0.1) is 0 Å². The molecule has 4 aromatic carbocycles. The quantitative estimate of drug-likeness (QED) is 0.111. The lowest BCUT2D eigenvalue weighted by Crippen LogP contribution is -2.64. The van der Waals surface area contributed by atoms with Gasteiger partial charge in [0.25, 0.3) is 5.91 Å². The summed E-state index contributed by atoms with van der Waals surface area (Å²) in [7, 11) is 0. The highest BCUT2D eigenvalue weighted by Crippen LogP contribution is 2.43. The van der Waals surface area contributed by atoms with Crippen molar-refractivity contribution in [1.82, 2.24) is 4.90 Å². The van der Waals surface area contributed by atoms with Gasteiger partial charge in [-0.25, -0.2) is 0 Å². The number of benzene rings is 4. The highest BCUT2D eigenvalue weighted by Gasteiger charge is 2.61. The zero-order valence-electron chi connectivity index (χ0n) is 30.7. The first-order valence-corrected chi connectivity index (χ1v) is 18.6. The normalized spacial score (nSPS) is 21.8. The molecule has 0 bridgehead atoms. The molecule has 1 amide bonds. The predicted molar refractivity (Wildman–Crippen MR) is 200 cm³/mol. The topological polar surface area (TPSA) is 75.7 Å². The maximum absolute atomic E-state index is 14.8. The smallest absolute Gasteiger partial charge is 0.254 e. The van der Waals surface area contributed by atoms with Gasteiger partial charge >= 0.3 is 0 Å². The molecule has 0 aliphatic carbocycles. The predicted octanol–water partition coefficient (Wildman–Crippen LogP) is 7.88. The molecule has 276 valence electrons. The lowest BCUT2D eigenvalue weighted by molar-refractivity contribution is -0.250. The van der Waals surface area contributed by atoms with Crippen molar-refractivity contribution >= 4 is 5.91 Å². The van der Waals surface area contributed by atoms with E-state index in [2.05, 4.69) is 0 Å². The van der Waals surface area contributed by atoms with Crippen LogP contribution in [0.1, 0.15) is 62.3 Å². The van der Waals surface area contributed by atoms with Gasteiger partial charge in [0.15, 0.2) is 11.9 Å². The van der Waals surface area contributed by atoms with Crippen LogP contribution < -0.4 is 0 Å². The number of amides is 1. The number of carbonyl (C=O) groups excluding carboxylic acids is 1. The second-order valence-corrected chi connectivity index (χ2v) is 14.3. The molecule has 2 fully saturated rings. The zero-order valence-corrected chi connectivity index (χ0v) is 30.7. The highest BCUT2D eigenvalue weighted by molar-refractivity contribution is 5.82. The Morgan fingerprint density at radius 1 is 0.673 bits per heavy atom. The van der Waals surface area contributed by atoms with E-state index in [-0.39, 0.29) is 32.3 Å². The SMILES string of the molecule is C[C@H]1OC(C)(C)O[C@@]1(COCc1ccccc1)[C@@H](OCc1ccccc1)[C@H](OCc1ccccc1)[C@@H](OCc1ccccc1)C(=O)N1CCCCC1. The summed E-state index contributed by atoms with van der Waals surface area (Å²) < 4.78 is 40.8. The summed E-state index contributed by atoms with van der Waals surface area (Å²) in [6.45, 7) is 8.31. The van der Waals surface area contributed by atoms with Crippen LogP contribution in [0.2, 0.25) is 0 Å². The summed E-state index contributed by atoms with van der Waals surface area (Å²) in [5.74, 6) is -1.08. The molecule has 6 rings (SSSR count). The molecule has 0 N–H and O–H groups in total. The Labute approximate surface area is 308 Å². The molecule has 0 radical (unpaired) electrons. The zero-order chi connectivity index (χ0) is 36.2. The van der Waals surface area contributed by atoms with E-state index >= 15 is 0 Å². The van der Waals surface area contributed by atoms with Crippen LogP contribution in [0.15, 0.2) is 121 Å². The van der Waals surface area contributed by atoms with Crippen LogP contribution in [0.25, 0.3) is 0 Å². The number of rotatable bonds is 17. The second kappa shape index (κ2) is 18.2. The lowest BCUT2D eigenvalue weighted by atomic mass is 9.85. The molecule has 4 aromatic rings. The van der Waals surface area contributed by atoms with Gasteiger partial charge < -0.3 is 33.3 Å². The first kappa shape index (κ1) is 37.9. The molecule has 8 nitrogen and oxygen atoms in total. The number of nitrogens with zero attached hydrogens (tertiary/aromatic N) is 1. The van der Waals surface area contributed by atoms with Crippen LogP contribution in [0, 0.1) is 0 Å². The van der Waals surface area contributed by atoms with Crippen molar-refractivity contribution in [2.75, 3.05) is 19.7 Å². The minimum atomic E-state index is -1.19. The van der Waals surface area contributed by atoms with Crippen molar-refractivity contribution in [3.63, 3.8) is 0 Å². The Balaban J connectivity index is 1.43. The first-order chi connectivity index (χ1) is 25.3. The molecule has 0 aromatic heterocycles. The lowest BCUT2D eigenvalue weighted by Gasteiger charge is -2.44. The number of carbonyl (C=O) groups is 1. The van der Waals surface area contributed by atoms with Crippen LogP contribution in [0.3, 0.4) is 0 Å². The molecule has 2 saturated heterocycles. The van der Waals surface area contributed by atoms with E-state index in [1.165, 1.54) is 0 Å². The number of piperidine rings is 1. The summed E-state index contributed by atoms with van der Waals surface area (Å²) in [5, 5.41) is 0. The average molecular weight is 708 g/mol. The highest BCUT2D eigenvalue weighted by atomic mass is 16.8. The summed E-state index contributed by atoms with van der Waals surface area (Å²) in [5.41, 5.74) is 2.74.